The van der Waals surface area contributed by atoms with Crippen molar-refractivity contribution in [2.75, 3.05) is 11.6 Å². The standard InChI is InChI=1S/C16H13N5O3/c1-8-12-14(20-19-8)24-13(18)10(6-17)16(12)9-4-2-3-5-11(9)21(7-22)15(16)23/h2-5,22H,7,18H2,1H3,(H,19,20)/t16-/m1/s1. The monoisotopic (exact) mass is 323 g/mol. The van der Waals surface area contributed by atoms with Gasteiger partial charge in [0.05, 0.1) is 11.3 Å². The van der Waals surface area contributed by atoms with Gasteiger partial charge in [0.1, 0.15) is 23.8 Å². The first-order valence-corrected chi connectivity index (χ1v) is 7.23. The number of benzene rings is 1. The van der Waals surface area contributed by atoms with E-state index < -0.39 is 18.1 Å². The summed E-state index contributed by atoms with van der Waals surface area (Å²) in [6, 6.07) is 9.01. The molecule has 2 aromatic rings. The molecule has 2 aliphatic rings. The Morgan fingerprint density at radius 3 is 2.96 bits per heavy atom. The number of nitrogens with one attached hydrogen (secondary N) is 1. The average molecular weight is 323 g/mol. The third kappa shape index (κ3) is 1.40. The Bertz CT molecular complexity index is 955. The van der Waals surface area contributed by atoms with Crippen LogP contribution < -0.4 is 15.4 Å². The highest BCUT2D eigenvalue weighted by Gasteiger charge is 2.60. The van der Waals surface area contributed by atoms with E-state index in [2.05, 4.69) is 10.2 Å². The zero-order valence-corrected chi connectivity index (χ0v) is 12.7. The molecule has 8 nitrogen and oxygen atoms in total. The molecule has 0 saturated carbocycles. The van der Waals surface area contributed by atoms with E-state index in [0.717, 1.165) is 0 Å². The zero-order chi connectivity index (χ0) is 17.1. The van der Waals surface area contributed by atoms with Gasteiger partial charge in [0, 0.05) is 11.3 Å². The van der Waals surface area contributed by atoms with Gasteiger partial charge in [0.25, 0.3) is 0 Å². The van der Waals surface area contributed by atoms with Crippen LogP contribution in [0.1, 0.15) is 16.8 Å². The number of aromatic nitrogens is 2. The molecule has 1 amide bonds. The van der Waals surface area contributed by atoms with Crippen LogP contribution in [0.2, 0.25) is 0 Å². The number of aryl methyl sites for hydroxylation is 1. The molecule has 120 valence electrons. The maximum Gasteiger partial charge on any atom is 0.249 e. The number of fused-ring (bicyclic) bond motifs is 4. The number of ether oxygens (including phenoxy) is 1. The summed E-state index contributed by atoms with van der Waals surface area (Å²) in [4.78, 5) is 14.5. The fraction of sp³-hybridized carbons (Fsp3) is 0.188. The topological polar surface area (TPSA) is 128 Å². The van der Waals surface area contributed by atoms with Gasteiger partial charge in [-0.2, -0.15) is 5.26 Å². The Balaban J connectivity index is 2.18. The van der Waals surface area contributed by atoms with E-state index in [9.17, 15) is 15.2 Å². The summed E-state index contributed by atoms with van der Waals surface area (Å²) in [5.41, 5.74) is 6.58. The minimum Gasteiger partial charge on any atom is -0.420 e. The minimum atomic E-state index is -1.47. The second-order valence-electron chi connectivity index (χ2n) is 5.62. The summed E-state index contributed by atoms with van der Waals surface area (Å²) in [7, 11) is 0. The molecule has 8 heteroatoms. The summed E-state index contributed by atoms with van der Waals surface area (Å²) in [6.07, 6.45) is 0. The van der Waals surface area contributed by atoms with Gasteiger partial charge in [-0.25, -0.2) is 0 Å². The minimum absolute atomic E-state index is 0.00657. The second kappa shape index (κ2) is 4.59. The number of aliphatic hydroxyl groups is 1. The number of nitriles is 1. The highest BCUT2D eigenvalue weighted by molar-refractivity contribution is 6.14. The lowest BCUT2D eigenvalue weighted by molar-refractivity contribution is -0.121. The first kappa shape index (κ1) is 14.3. The van der Waals surface area contributed by atoms with E-state index >= 15 is 0 Å². The quantitative estimate of drug-likeness (QED) is 0.696. The van der Waals surface area contributed by atoms with Crippen molar-refractivity contribution in [2.24, 2.45) is 5.73 Å². The lowest BCUT2D eigenvalue weighted by atomic mass is 9.69. The van der Waals surface area contributed by atoms with Crippen LogP contribution in [0, 0.1) is 18.3 Å². The number of amides is 1. The van der Waals surface area contributed by atoms with Crippen molar-refractivity contribution >= 4 is 11.6 Å². The molecule has 3 heterocycles. The van der Waals surface area contributed by atoms with E-state index in [-0.39, 0.29) is 17.3 Å². The Labute approximate surface area is 136 Å². The Hall–Kier alpha value is -3.31. The van der Waals surface area contributed by atoms with Crippen LogP contribution in [0.5, 0.6) is 5.88 Å². The predicted molar refractivity (Wildman–Crippen MR) is 82.6 cm³/mol. The number of hydrogen-bond acceptors (Lipinski definition) is 6. The second-order valence-corrected chi connectivity index (χ2v) is 5.62. The molecule has 0 radical (unpaired) electrons. The van der Waals surface area contributed by atoms with Crippen LogP contribution in [0.3, 0.4) is 0 Å². The third-order valence-corrected chi connectivity index (χ3v) is 4.54. The molecular weight excluding hydrogens is 310 g/mol. The summed E-state index contributed by atoms with van der Waals surface area (Å²) >= 11 is 0. The van der Waals surface area contributed by atoms with E-state index in [0.29, 0.717) is 22.5 Å². The summed E-state index contributed by atoms with van der Waals surface area (Å²) < 4.78 is 5.43. The fourth-order valence-corrected chi connectivity index (χ4v) is 3.60. The molecule has 1 aromatic carbocycles. The van der Waals surface area contributed by atoms with Crippen molar-refractivity contribution in [1.29, 1.82) is 5.26 Å². The molecule has 1 atom stereocenters. The van der Waals surface area contributed by atoms with Gasteiger partial charge in [-0.15, -0.1) is 5.10 Å². The van der Waals surface area contributed by atoms with Crippen LogP contribution in [0.4, 0.5) is 5.69 Å². The molecule has 1 spiro atoms. The molecule has 0 bridgehead atoms. The van der Waals surface area contributed by atoms with Gasteiger partial charge in [0.15, 0.2) is 0 Å². The van der Waals surface area contributed by atoms with Crippen molar-refractivity contribution in [1.82, 2.24) is 10.2 Å². The van der Waals surface area contributed by atoms with Gasteiger partial charge in [-0.3, -0.25) is 14.8 Å². The molecule has 1 aromatic heterocycles. The van der Waals surface area contributed by atoms with Gasteiger partial charge < -0.3 is 15.6 Å². The van der Waals surface area contributed by atoms with E-state index in [1.807, 2.05) is 6.07 Å². The van der Waals surface area contributed by atoms with Crippen molar-refractivity contribution in [2.45, 2.75) is 12.3 Å². The maximum atomic E-state index is 13.3. The first-order chi connectivity index (χ1) is 11.6. The van der Waals surface area contributed by atoms with Gasteiger partial charge in [0.2, 0.25) is 17.7 Å². The van der Waals surface area contributed by atoms with E-state index in [4.69, 9.17) is 10.5 Å². The number of rotatable bonds is 1. The molecule has 24 heavy (non-hydrogen) atoms. The lowest BCUT2D eigenvalue weighted by Crippen LogP contribution is -2.46. The van der Waals surface area contributed by atoms with Crippen LogP contribution in [-0.4, -0.2) is 27.9 Å². The average Bonchev–Trinajstić information content (AvgIpc) is 3.05. The molecule has 2 aliphatic heterocycles. The number of H-pyrrole nitrogens is 1. The Kier molecular flexibility index (Phi) is 2.74. The van der Waals surface area contributed by atoms with Crippen LogP contribution in [0.25, 0.3) is 0 Å². The summed E-state index contributed by atoms with van der Waals surface area (Å²) in [5.74, 6) is -0.467. The molecule has 0 aliphatic carbocycles. The van der Waals surface area contributed by atoms with Crippen LogP contribution >= 0.6 is 0 Å². The number of para-hydroxylation sites is 1. The fourth-order valence-electron chi connectivity index (χ4n) is 3.60. The van der Waals surface area contributed by atoms with Gasteiger partial charge in [-0.1, -0.05) is 18.2 Å². The first-order valence-electron chi connectivity index (χ1n) is 7.23. The SMILES string of the molecule is Cc1[nH]nc2c1[C@]1(C(=O)N(CO)c3ccccc31)C(C#N)=C(N)O2. The number of carbonyl (C=O) groups is 1. The third-order valence-electron chi connectivity index (χ3n) is 4.54. The van der Waals surface area contributed by atoms with Crippen molar-refractivity contribution in [3.05, 3.63) is 52.5 Å². The molecule has 4 rings (SSSR count). The number of carbonyl (C=O) groups excluding carboxylic acids is 1. The maximum absolute atomic E-state index is 13.3. The van der Waals surface area contributed by atoms with Crippen LogP contribution in [0.15, 0.2) is 35.7 Å². The number of aromatic amines is 1. The molecule has 4 N–H and O–H groups in total. The molecule has 0 unspecified atom stereocenters. The number of hydrogen-bond donors (Lipinski definition) is 3. The summed E-state index contributed by atoms with van der Waals surface area (Å²) in [6.45, 7) is 1.23. The van der Waals surface area contributed by atoms with Crippen molar-refractivity contribution in [3.8, 4) is 11.9 Å². The summed E-state index contributed by atoms with van der Waals surface area (Å²) in [5, 5.41) is 26.3. The normalized spacial score (nSPS) is 21.5. The van der Waals surface area contributed by atoms with Crippen molar-refractivity contribution in [3.63, 3.8) is 0 Å². The number of nitrogens with two attached hydrogens (primary N) is 1. The lowest BCUT2D eigenvalue weighted by Gasteiger charge is -2.32. The van der Waals surface area contributed by atoms with Gasteiger partial charge >= 0.3 is 0 Å². The van der Waals surface area contributed by atoms with E-state index in [1.54, 1.807) is 31.2 Å². The van der Waals surface area contributed by atoms with E-state index in [1.165, 1.54) is 4.90 Å². The highest BCUT2D eigenvalue weighted by atomic mass is 16.5. The number of aliphatic hydroxyl groups excluding tert-OH is 1. The number of anilines is 1. The van der Waals surface area contributed by atoms with Gasteiger partial charge in [-0.05, 0) is 13.0 Å². The Morgan fingerprint density at radius 2 is 2.25 bits per heavy atom. The predicted octanol–water partition coefficient (Wildman–Crippen LogP) is 0.387. The molecule has 0 fully saturated rings. The smallest absolute Gasteiger partial charge is 0.249 e. The van der Waals surface area contributed by atoms with Crippen LogP contribution in [-0.2, 0) is 10.2 Å². The Morgan fingerprint density at radius 1 is 1.50 bits per heavy atom. The highest BCUT2D eigenvalue weighted by Crippen LogP contribution is 2.55. The van der Waals surface area contributed by atoms with Crippen molar-refractivity contribution < 1.29 is 14.6 Å². The number of nitrogens with zero attached hydrogens (tertiary/aromatic N) is 3. The largest absolute Gasteiger partial charge is 0.420 e. The molecular formula is C16H13N5O3. The molecule has 0 saturated heterocycles. The zero-order valence-electron chi connectivity index (χ0n) is 12.7.